The van der Waals surface area contributed by atoms with Crippen LogP contribution in [0.2, 0.25) is 0 Å². The van der Waals surface area contributed by atoms with Crippen LogP contribution in [0, 0.1) is 5.82 Å². The Morgan fingerprint density at radius 2 is 1.93 bits per heavy atom. The van der Waals surface area contributed by atoms with Crippen molar-refractivity contribution in [1.29, 1.82) is 0 Å². The van der Waals surface area contributed by atoms with Gasteiger partial charge < -0.3 is 15.8 Å². The quantitative estimate of drug-likeness (QED) is 0.674. The lowest BCUT2D eigenvalue weighted by Crippen LogP contribution is -2.40. The number of nitrogens with two attached hydrogens (primary N) is 1. The first-order valence-electron chi connectivity index (χ1n) is 9.17. The van der Waals surface area contributed by atoms with E-state index >= 15 is 0 Å². The summed E-state index contributed by atoms with van der Waals surface area (Å²) in [6.07, 6.45) is 8.70. The molecule has 1 aliphatic rings. The summed E-state index contributed by atoms with van der Waals surface area (Å²) in [5.41, 5.74) is 7.90. The molecule has 1 saturated carbocycles. The zero-order valence-corrected chi connectivity index (χ0v) is 15.1. The highest BCUT2D eigenvalue weighted by Crippen LogP contribution is 2.30. The first-order chi connectivity index (χ1) is 13.6. The van der Waals surface area contributed by atoms with E-state index in [0.29, 0.717) is 22.5 Å². The van der Waals surface area contributed by atoms with Crippen LogP contribution in [0.25, 0.3) is 11.0 Å². The number of hydrogen-bond acceptors (Lipinski definition) is 6. The maximum Gasteiger partial charge on any atom is 0.254 e. The maximum atomic E-state index is 13.7. The number of pyridine rings is 1. The number of nitrogens with one attached hydrogen (secondary N) is 1. The molecule has 0 unspecified atom stereocenters. The van der Waals surface area contributed by atoms with Gasteiger partial charge >= 0.3 is 0 Å². The first-order valence-corrected chi connectivity index (χ1v) is 9.17. The minimum absolute atomic E-state index is 0.00202. The fourth-order valence-corrected chi connectivity index (χ4v) is 3.48. The van der Waals surface area contributed by atoms with Crippen LogP contribution in [0.15, 0.2) is 43.0 Å². The molecule has 0 saturated heterocycles. The third-order valence-electron chi connectivity index (χ3n) is 4.88. The van der Waals surface area contributed by atoms with Gasteiger partial charge in [-0.15, -0.1) is 0 Å². The van der Waals surface area contributed by atoms with Crippen molar-refractivity contribution >= 4 is 22.6 Å². The SMILES string of the molecule is Nc1cc(OC2CCC(NC(=O)c3ccncc3F)CC2)c2nccnc2c1. The van der Waals surface area contributed by atoms with E-state index in [-0.39, 0.29) is 17.7 Å². The van der Waals surface area contributed by atoms with Crippen LogP contribution in [-0.4, -0.2) is 33.0 Å². The second-order valence-corrected chi connectivity index (χ2v) is 6.86. The highest BCUT2D eigenvalue weighted by molar-refractivity contribution is 5.94. The maximum absolute atomic E-state index is 13.7. The molecule has 0 radical (unpaired) electrons. The number of carbonyl (C=O) groups excluding carboxylic acids is 1. The molecule has 0 atom stereocenters. The largest absolute Gasteiger partial charge is 0.488 e. The normalized spacial score (nSPS) is 19.3. The molecule has 1 amide bonds. The smallest absolute Gasteiger partial charge is 0.254 e. The van der Waals surface area contributed by atoms with Crippen LogP contribution in [0.5, 0.6) is 5.75 Å². The zero-order chi connectivity index (χ0) is 19.5. The molecule has 0 aliphatic heterocycles. The highest BCUT2D eigenvalue weighted by Gasteiger charge is 2.25. The van der Waals surface area contributed by atoms with Crippen molar-refractivity contribution in [3.8, 4) is 5.75 Å². The van der Waals surface area contributed by atoms with Crippen LogP contribution < -0.4 is 15.8 Å². The van der Waals surface area contributed by atoms with Crippen LogP contribution in [0.3, 0.4) is 0 Å². The van der Waals surface area contributed by atoms with Gasteiger partial charge in [-0.1, -0.05) is 0 Å². The Morgan fingerprint density at radius 1 is 1.14 bits per heavy atom. The van der Waals surface area contributed by atoms with Crippen molar-refractivity contribution in [3.63, 3.8) is 0 Å². The van der Waals surface area contributed by atoms with Crippen LogP contribution in [0.1, 0.15) is 36.0 Å². The van der Waals surface area contributed by atoms with Gasteiger partial charge in [0.2, 0.25) is 0 Å². The Balaban J connectivity index is 1.37. The molecule has 3 aromatic rings. The second kappa shape index (κ2) is 7.75. The minimum Gasteiger partial charge on any atom is -0.488 e. The van der Waals surface area contributed by atoms with Gasteiger partial charge in [-0.3, -0.25) is 14.8 Å². The predicted molar refractivity (Wildman–Crippen MR) is 102 cm³/mol. The van der Waals surface area contributed by atoms with E-state index in [1.165, 1.54) is 12.3 Å². The molecule has 2 heterocycles. The minimum atomic E-state index is -0.619. The molecule has 1 aromatic carbocycles. The van der Waals surface area contributed by atoms with Crippen molar-refractivity contribution in [2.45, 2.75) is 37.8 Å². The van der Waals surface area contributed by atoms with Gasteiger partial charge in [0.05, 0.1) is 23.4 Å². The number of nitrogens with zero attached hydrogens (tertiary/aromatic N) is 3. The third kappa shape index (κ3) is 3.85. The van der Waals surface area contributed by atoms with Gasteiger partial charge in [-0.2, -0.15) is 0 Å². The molecule has 8 heteroatoms. The Bertz CT molecular complexity index is 1000. The van der Waals surface area contributed by atoms with E-state index in [4.69, 9.17) is 10.5 Å². The molecule has 144 valence electrons. The number of benzene rings is 1. The first kappa shape index (κ1) is 18.1. The summed E-state index contributed by atoms with van der Waals surface area (Å²) in [7, 11) is 0. The number of nitrogen functional groups attached to an aromatic ring is 1. The van der Waals surface area contributed by atoms with E-state index in [1.807, 2.05) is 0 Å². The van der Waals surface area contributed by atoms with Crippen molar-refractivity contribution < 1.29 is 13.9 Å². The Labute approximate surface area is 161 Å². The van der Waals surface area contributed by atoms with Gasteiger partial charge in [0.25, 0.3) is 5.91 Å². The molecular weight excluding hydrogens is 361 g/mol. The summed E-state index contributed by atoms with van der Waals surface area (Å²) >= 11 is 0. The van der Waals surface area contributed by atoms with Gasteiger partial charge in [0.15, 0.2) is 5.82 Å². The number of fused-ring (bicyclic) bond motifs is 1. The van der Waals surface area contributed by atoms with E-state index in [0.717, 1.165) is 31.9 Å². The Kier molecular flexibility index (Phi) is 5.01. The summed E-state index contributed by atoms with van der Waals surface area (Å²) in [5, 5.41) is 2.89. The summed E-state index contributed by atoms with van der Waals surface area (Å²) < 4.78 is 19.8. The average molecular weight is 381 g/mol. The number of anilines is 1. The average Bonchev–Trinajstić information content (AvgIpc) is 2.69. The molecule has 4 rings (SSSR count). The summed E-state index contributed by atoms with van der Waals surface area (Å²) in [5.74, 6) is -0.414. The van der Waals surface area contributed by atoms with Crippen LogP contribution in [-0.2, 0) is 0 Å². The van der Waals surface area contributed by atoms with E-state index in [9.17, 15) is 9.18 Å². The molecular formula is C20H20FN5O2. The van der Waals surface area contributed by atoms with E-state index in [1.54, 1.807) is 24.5 Å². The zero-order valence-electron chi connectivity index (χ0n) is 15.1. The number of amides is 1. The summed E-state index contributed by atoms with van der Waals surface area (Å²) in [4.78, 5) is 24.5. The molecule has 2 aromatic heterocycles. The lowest BCUT2D eigenvalue weighted by atomic mass is 9.92. The number of ether oxygens (including phenoxy) is 1. The molecule has 1 aliphatic carbocycles. The van der Waals surface area contributed by atoms with Gasteiger partial charge in [-0.25, -0.2) is 9.37 Å². The standard InChI is InChI=1S/C20H20FN5O2/c21-16-11-23-6-5-15(16)20(27)26-13-1-3-14(4-2-13)28-18-10-12(22)9-17-19(18)25-8-7-24-17/h5-11,13-14H,1-4,22H2,(H,26,27). The highest BCUT2D eigenvalue weighted by atomic mass is 19.1. The molecule has 7 nitrogen and oxygen atoms in total. The molecule has 28 heavy (non-hydrogen) atoms. The number of hydrogen-bond donors (Lipinski definition) is 2. The number of halogens is 1. The lowest BCUT2D eigenvalue weighted by Gasteiger charge is -2.29. The molecule has 0 bridgehead atoms. The van der Waals surface area contributed by atoms with Crippen molar-refractivity contribution in [2.24, 2.45) is 0 Å². The monoisotopic (exact) mass is 381 g/mol. The van der Waals surface area contributed by atoms with E-state index in [2.05, 4.69) is 20.3 Å². The van der Waals surface area contributed by atoms with Gasteiger partial charge in [0.1, 0.15) is 11.3 Å². The van der Waals surface area contributed by atoms with Crippen molar-refractivity contribution in [1.82, 2.24) is 20.3 Å². The number of aromatic nitrogens is 3. The third-order valence-corrected chi connectivity index (χ3v) is 4.88. The Morgan fingerprint density at radius 3 is 2.71 bits per heavy atom. The molecule has 3 N–H and O–H groups in total. The summed E-state index contributed by atoms with van der Waals surface area (Å²) in [6.45, 7) is 0. The van der Waals surface area contributed by atoms with Crippen LogP contribution in [0.4, 0.5) is 10.1 Å². The lowest BCUT2D eigenvalue weighted by molar-refractivity contribution is 0.0891. The Hall–Kier alpha value is -3.29. The summed E-state index contributed by atoms with van der Waals surface area (Å²) in [6, 6.07) is 4.89. The van der Waals surface area contributed by atoms with Crippen molar-refractivity contribution in [2.75, 3.05) is 5.73 Å². The van der Waals surface area contributed by atoms with E-state index < -0.39 is 11.7 Å². The van der Waals surface area contributed by atoms with Crippen molar-refractivity contribution in [3.05, 3.63) is 54.4 Å². The fraction of sp³-hybridized carbons (Fsp3) is 0.300. The van der Waals surface area contributed by atoms with Crippen LogP contribution >= 0.6 is 0 Å². The number of carbonyl (C=O) groups is 1. The molecule has 0 spiro atoms. The molecule has 1 fully saturated rings. The van der Waals surface area contributed by atoms with Gasteiger partial charge in [-0.05, 0) is 37.8 Å². The second-order valence-electron chi connectivity index (χ2n) is 6.86. The topological polar surface area (TPSA) is 103 Å². The fourth-order valence-electron chi connectivity index (χ4n) is 3.48. The number of rotatable bonds is 4. The predicted octanol–water partition coefficient (Wildman–Crippen LogP) is 2.87. The van der Waals surface area contributed by atoms with Gasteiger partial charge in [0, 0.05) is 36.4 Å².